The molecule has 3 rings (SSSR count). The van der Waals surface area contributed by atoms with Crippen LogP contribution >= 0.6 is 24.8 Å². The van der Waals surface area contributed by atoms with Gasteiger partial charge in [0.1, 0.15) is 0 Å². The lowest BCUT2D eigenvalue weighted by molar-refractivity contribution is -0.125. The zero-order valence-corrected chi connectivity index (χ0v) is 15.2. The lowest BCUT2D eigenvalue weighted by atomic mass is 10.0. The predicted molar refractivity (Wildman–Crippen MR) is 99.9 cm³/mol. The number of imidazole rings is 1. The normalized spacial score (nSPS) is 20.6. The number of hydrogen-bond donors (Lipinski definition) is 2. The zero-order chi connectivity index (χ0) is 15.5. The van der Waals surface area contributed by atoms with Crippen LogP contribution < -0.4 is 11.1 Å². The van der Waals surface area contributed by atoms with Gasteiger partial charge in [0.25, 0.3) is 0 Å². The van der Waals surface area contributed by atoms with E-state index in [4.69, 9.17) is 5.73 Å². The molecule has 2 aromatic rings. The molecule has 3 unspecified atom stereocenters. The van der Waals surface area contributed by atoms with E-state index in [0.717, 1.165) is 30.5 Å². The maximum Gasteiger partial charge on any atom is 0.223 e. The summed E-state index contributed by atoms with van der Waals surface area (Å²) >= 11 is 0. The Morgan fingerprint density at radius 1 is 1.38 bits per heavy atom. The molecule has 0 saturated heterocycles. The quantitative estimate of drug-likeness (QED) is 0.868. The highest BCUT2D eigenvalue weighted by Crippen LogP contribution is 2.25. The SMILES string of the molecule is CC(NC(=O)C1CCC(N)C1)c1cccc(-n2ccnc2)c1.Cl.Cl. The highest BCUT2D eigenvalue weighted by atomic mass is 35.5. The average molecular weight is 371 g/mol. The van der Waals surface area contributed by atoms with Crippen LogP contribution in [-0.4, -0.2) is 21.5 Å². The highest BCUT2D eigenvalue weighted by molar-refractivity contribution is 5.85. The number of carbonyl (C=O) groups excluding carboxylic acids is 1. The number of amides is 1. The summed E-state index contributed by atoms with van der Waals surface area (Å²) in [6.45, 7) is 2.01. The molecule has 24 heavy (non-hydrogen) atoms. The molecule has 5 nitrogen and oxygen atoms in total. The number of aromatic nitrogens is 2. The monoisotopic (exact) mass is 370 g/mol. The third-order valence-corrected chi connectivity index (χ3v) is 4.38. The molecule has 1 aliphatic rings. The molecular weight excluding hydrogens is 347 g/mol. The van der Waals surface area contributed by atoms with Gasteiger partial charge in [-0.1, -0.05) is 12.1 Å². The molecule has 0 aliphatic heterocycles. The van der Waals surface area contributed by atoms with Crippen LogP contribution in [0.4, 0.5) is 0 Å². The van der Waals surface area contributed by atoms with Gasteiger partial charge >= 0.3 is 0 Å². The van der Waals surface area contributed by atoms with Gasteiger partial charge in [0.2, 0.25) is 5.91 Å². The van der Waals surface area contributed by atoms with Crippen molar-refractivity contribution in [3.8, 4) is 5.69 Å². The Labute approximate surface area is 154 Å². The molecule has 1 saturated carbocycles. The van der Waals surface area contributed by atoms with E-state index in [1.165, 1.54) is 0 Å². The number of nitrogens with one attached hydrogen (secondary N) is 1. The van der Waals surface area contributed by atoms with Gasteiger partial charge in [-0.3, -0.25) is 4.79 Å². The molecule has 1 aromatic carbocycles. The van der Waals surface area contributed by atoms with E-state index in [-0.39, 0.29) is 48.7 Å². The molecule has 1 fully saturated rings. The molecule has 0 radical (unpaired) electrons. The minimum Gasteiger partial charge on any atom is -0.349 e. The summed E-state index contributed by atoms with van der Waals surface area (Å²) in [6.07, 6.45) is 8.07. The summed E-state index contributed by atoms with van der Waals surface area (Å²) in [5, 5.41) is 3.11. The zero-order valence-electron chi connectivity index (χ0n) is 13.6. The molecule has 0 spiro atoms. The lowest BCUT2D eigenvalue weighted by Gasteiger charge is -2.18. The molecule has 3 N–H and O–H groups in total. The average Bonchev–Trinajstić information content (AvgIpc) is 3.18. The van der Waals surface area contributed by atoms with Crippen LogP contribution in [0.25, 0.3) is 5.69 Å². The first-order valence-electron chi connectivity index (χ1n) is 7.77. The van der Waals surface area contributed by atoms with Crippen molar-refractivity contribution >= 4 is 30.7 Å². The van der Waals surface area contributed by atoms with Crippen LogP contribution in [0, 0.1) is 5.92 Å². The largest absolute Gasteiger partial charge is 0.349 e. The standard InChI is InChI=1S/C17H22N4O.2ClH/c1-12(20-17(22)14-5-6-15(18)9-14)13-3-2-4-16(10-13)21-8-7-19-11-21;;/h2-4,7-8,10-12,14-15H,5-6,9,18H2,1H3,(H,20,22);2*1H. The van der Waals surface area contributed by atoms with Crippen molar-refractivity contribution in [1.82, 2.24) is 14.9 Å². The Kier molecular flexibility index (Phi) is 7.73. The van der Waals surface area contributed by atoms with E-state index in [1.54, 1.807) is 12.5 Å². The number of hydrogen-bond acceptors (Lipinski definition) is 3. The first kappa shape index (κ1) is 20.5. The topological polar surface area (TPSA) is 72.9 Å². The van der Waals surface area contributed by atoms with Crippen molar-refractivity contribution in [3.63, 3.8) is 0 Å². The minimum absolute atomic E-state index is 0. The number of halogens is 2. The van der Waals surface area contributed by atoms with Gasteiger partial charge in [0, 0.05) is 30.0 Å². The van der Waals surface area contributed by atoms with Crippen molar-refractivity contribution in [1.29, 1.82) is 0 Å². The number of rotatable bonds is 4. The van der Waals surface area contributed by atoms with Crippen molar-refractivity contribution < 1.29 is 4.79 Å². The Bertz CT molecular complexity index is 648. The molecular formula is C17H24Cl2N4O. The second-order valence-corrected chi connectivity index (χ2v) is 6.07. The van der Waals surface area contributed by atoms with Crippen LogP contribution in [0.15, 0.2) is 43.0 Å². The van der Waals surface area contributed by atoms with E-state index >= 15 is 0 Å². The van der Waals surface area contributed by atoms with Crippen LogP contribution in [-0.2, 0) is 4.79 Å². The summed E-state index contributed by atoms with van der Waals surface area (Å²) in [5.41, 5.74) is 8.02. The van der Waals surface area contributed by atoms with Crippen molar-refractivity contribution in [3.05, 3.63) is 48.5 Å². The summed E-state index contributed by atoms with van der Waals surface area (Å²) in [5.74, 6) is 0.183. The van der Waals surface area contributed by atoms with Gasteiger partial charge in [-0.15, -0.1) is 24.8 Å². The Hall–Kier alpha value is -1.56. The third-order valence-electron chi connectivity index (χ3n) is 4.38. The van der Waals surface area contributed by atoms with Crippen molar-refractivity contribution in [2.75, 3.05) is 0 Å². The first-order valence-corrected chi connectivity index (χ1v) is 7.77. The molecule has 132 valence electrons. The number of benzene rings is 1. The van der Waals surface area contributed by atoms with E-state index in [1.807, 2.05) is 35.9 Å². The van der Waals surface area contributed by atoms with Gasteiger partial charge in [-0.25, -0.2) is 4.98 Å². The van der Waals surface area contributed by atoms with Gasteiger partial charge in [-0.2, -0.15) is 0 Å². The van der Waals surface area contributed by atoms with Crippen molar-refractivity contribution in [2.24, 2.45) is 11.7 Å². The summed E-state index contributed by atoms with van der Waals surface area (Å²) < 4.78 is 1.95. The minimum atomic E-state index is -0.0206. The maximum absolute atomic E-state index is 12.3. The van der Waals surface area contributed by atoms with Gasteiger partial charge in [0.15, 0.2) is 0 Å². The van der Waals surface area contributed by atoms with Gasteiger partial charge < -0.3 is 15.6 Å². The van der Waals surface area contributed by atoms with Gasteiger partial charge in [0.05, 0.1) is 12.4 Å². The van der Waals surface area contributed by atoms with Crippen LogP contribution in [0.5, 0.6) is 0 Å². The fourth-order valence-corrected chi connectivity index (χ4v) is 3.04. The van der Waals surface area contributed by atoms with Crippen LogP contribution in [0.3, 0.4) is 0 Å². The first-order chi connectivity index (χ1) is 10.6. The fourth-order valence-electron chi connectivity index (χ4n) is 3.04. The molecule has 0 bridgehead atoms. The van der Waals surface area contributed by atoms with E-state index in [0.29, 0.717) is 0 Å². The van der Waals surface area contributed by atoms with E-state index in [9.17, 15) is 4.79 Å². The lowest BCUT2D eigenvalue weighted by Crippen LogP contribution is -2.32. The van der Waals surface area contributed by atoms with E-state index < -0.39 is 0 Å². The Morgan fingerprint density at radius 3 is 2.79 bits per heavy atom. The Balaban J connectivity index is 0.00000144. The highest BCUT2D eigenvalue weighted by Gasteiger charge is 2.28. The van der Waals surface area contributed by atoms with Gasteiger partial charge in [-0.05, 0) is 43.9 Å². The van der Waals surface area contributed by atoms with Crippen LogP contribution in [0.1, 0.15) is 37.8 Å². The third kappa shape index (κ3) is 4.72. The summed E-state index contributed by atoms with van der Waals surface area (Å²) in [7, 11) is 0. The second kappa shape index (κ2) is 9.06. The molecule has 3 atom stereocenters. The predicted octanol–water partition coefficient (Wildman–Crippen LogP) is 3.02. The maximum atomic E-state index is 12.3. The Morgan fingerprint density at radius 2 is 2.17 bits per heavy atom. The summed E-state index contributed by atoms with van der Waals surface area (Å²) in [4.78, 5) is 16.4. The molecule has 1 amide bonds. The summed E-state index contributed by atoms with van der Waals surface area (Å²) in [6, 6.07) is 8.29. The number of nitrogens with zero attached hydrogens (tertiary/aromatic N) is 2. The van der Waals surface area contributed by atoms with E-state index in [2.05, 4.69) is 16.4 Å². The molecule has 1 heterocycles. The second-order valence-electron chi connectivity index (χ2n) is 6.07. The fraction of sp³-hybridized carbons (Fsp3) is 0.412. The smallest absolute Gasteiger partial charge is 0.223 e. The van der Waals surface area contributed by atoms with Crippen molar-refractivity contribution in [2.45, 2.75) is 38.3 Å². The molecule has 1 aliphatic carbocycles. The molecule has 1 aromatic heterocycles. The molecule has 7 heteroatoms. The number of nitrogens with two attached hydrogens (primary N) is 1. The number of carbonyl (C=O) groups is 1. The van der Waals surface area contributed by atoms with Crippen LogP contribution in [0.2, 0.25) is 0 Å².